The van der Waals surface area contributed by atoms with Crippen LogP contribution in [0, 0.1) is 5.92 Å². The number of rotatable bonds is 3. The molecular formula is C20H19NO3. The summed E-state index contributed by atoms with van der Waals surface area (Å²) in [6, 6.07) is 3.79. The molecule has 4 heteroatoms. The molecule has 0 saturated carbocycles. The van der Waals surface area contributed by atoms with Crippen LogP contribution in [0.2, 0.25) is 0 Å². The highest BCUT2D eigenvalue weighted by Crippen LogP contribution is 2.41. The molecule has 2 unspecified atom stereocenters. The van der Waals surface area contributed by atoms with E-state index in [2.05, 4.69) is 11.1 Å². The van der Waals surface area contributed by atoms with Crippen molar-refractivity contribution in [2.75, 3.05) is 0 Å². The summed E-state index contributed by atoms with van der Waals surface area (Å²) in [5.74, 6) is 1.15. The Bertz CT molecular complexity index is 819. The molecule has 2 atom stereocenters. The van der Waals surface area contributed by atoms with Crippen molar-refractivity contribution in [2.45, 2.75) is 25.6 Å². The lowest BCUT2D eigenvalue weighted by molar-refractivity contribution is -0.115. The number of nitrogens with one attached hydrogen (secondary N) is 1. The predicted octanol–water partition coefficient (Wildman–Crippen LogP) is 3.68. The van der Waals surface area contributed by atoms with Crippen molar-refractivity contribution in [1.29, 1.82) is 0 Å². The van der Waals surface area contributed by atoms with E-state index in [0.717, 1.165) is 17.0 Å². The molecule has 0 aromatic carbocycles. The molecule has 0 bridgehead atoms. The molecule has 0 spiro atoms. The molecule has 2 aliphatic heterocycles. The molecule has 24 heavy (non-hydrogen) atoms. The second-order valence-electron chi connectivity index (χ2n) is 6.70. The van der Waals surface area contributed by atoms with Crippen LogP contribution < -0.4 is 0 Å². The lowest BCUT2D eigenvalue weighted by atomic mass is 9.86. The number of hydrogen-bond acceptors (Lipinski definition) is 3. The summed E-state index contributed by atoms with van der Waals surface area (Å²) in [4.78, 5) is 15.4. The number of ketones is 1. The van der Waals surface area contributed by atoms with Crippen molar-refractivity contribution >= 4 is 11.9 Å². The van der Waals surface area contributed by atoms with Crippen LogP contribution >= 0.6 is 0 Å². The van der Waals surface area contributed by atoms with Gasteiger partial charge < -0.3 is 14.5 Å². The fourth-order valence-electron chi connectivity index (χ4n) is 3.13. The van der Waals surface area contributed by atoms with Gasteiger partial charge in [0.05, 0.1) is 5.92 Å². The van der Waals surface area contributed by atoms with Crippen LogP contribution in [0.5, 0.6) is 0 Å². The van der Waals surface area contributed by atoms with E-state index in [-0.39, 0.29) is 23.4 Å². The van der Waals surface area contributed by atoms with Crippen molar-refractivity contribution in [3.63, 3.8) is 0 Å². The molecule has 1 aromatic rings. The molecule has 0 amide bonds. The van der Waals surface area contributed by atoms with E-state index in [1.54, 1.807) is 6.08 Å². The molecular weight excluding hydrogens is 302 g/mol. The minimum atomic E-state index is -0.308. The number of ether oxygens (including phenoxy) is 2. The normalized spacial score (nSPS) is 26.7. The SMILES string of the molecule is CC1(C)C=CC2C(=CC=C3C=C(C(=O)/C=C/c4ccc[nH]4)OC32)O1. The van der Waals surface area contributed by atoms with Gasteiger partial charge in [-0.1, -0.05) is 12.2 Å². The predicted molar refractivity (Wildman–Crippen MR) is 91.7 cm³/mol. The van der Waals surface area contributed by atoms with E-state index in [1.807, 2.05) is 56.5 Å². The molecule has 0 saturated heterocycles. The zero-order valence-corrected chi connectivity index (χ0v) is 13.7. The smallest absolute Gasteiger partial charge is 0.220 e. The quantitative estimate of drug-likeness (QED) is 0.682. The molecule has 122 valence electrons. The third-order valence-electron chi connectivity index (χ3n) is 4.34. The van der Waals surface area contributed by atoms with E-state index in [0.29, 0.717) is 5.76 Å². The van der Waals surface area contributed by atoms with E-state index >= 15 is 0 Å². The van der Waals surface area contributed by atoms with Crippen molar-refractivity contribution in [3.8, 4) is 0 Å². The number of hydrogen-bond donors (Lipinski definition) is 1. The summed E-state index contributed by atoms with van der Waals surface area (Å²) in [6.07, 6.45) is 14.8. The van der Waals surface area contributed by atoms with Crippen LogP contribution in [-0.4, -0.2) is 22.5 Å². The summed E-state index contributed by atoms with van der Waals surface area (Å²) < 4.78 is 11.9. The fourth-order valence-corrected chi connectivity index (χ4v) is 3.13. The van der Waals surface area contributed by atoms with Crippen molar-refractivity contribution < 1.29 is 14.3 Å². The number of aromatic amines is 1. The Kier molecular flexibility index (Phi) is 3.34. The Morgan fingerprint density at radius 2 is 2.21 bits per heavy atom. The van der Waals surface area contributed by atoms with Gasteiger partial charge in [-0.05, 0) is 61.9 Å². The molecule has 0 fully saturated rings. The average molecular weight is 321 g/mol. The molecule has 3 aliphatic rings. The third kappa shape index (κ3) is 2.64. The molecule has 1 N–H and O–H groups in total. The van der Waals surface area contributed by atoms with E-state index < -0.39 is 0 Å². The topological polar surface area (TPSA) is 51.3 Å². The van der Waals surface area contributed by atoms with Crippen molar-refractivity contribution in [3.05, 3.63) is 77.6 Å². The largest absolute Gasteiger partial charge is 0.487 e. The standard InChI is InChI=1S/C20H19NO3/c1-20(2)10-9-15-17(24-20)8-5-13-12-18(23-19(13)15)16(22)7-6-14-4-3-11-21-14/h3-12,15,19,21H,1-2H3/b7-6+. The Hall–Kier alpha value is -2.75. The highest BCUT2D eigenvalue weighted by molar-refractivity contribution is 6.05. The van der Waals surface area contributed by atoms with E-state index in [4.69, 9.17) is 9.47 Å². The highest BCUT2D eigenvalue weighted by Gasteiger charge is 2.40. The van der Waals surface area contributed by atoms with Gasteiger partial charge in [-0.3, -0.25) is 4.79 Å². The Morgan fingerprint density at radius 1 is 1.33 bits per heavy atom. The molecule has 4 nitrogen and oxygen atoms in total. The molecule has 3 heterocycles. The van der Waals surface area contributed by atoms with Crippen LogP contribution in [0.3, 0.4) is 0 Å². The summed E-state index contributed by atoms with van der Waals surface area (Å²) in [7, 11) is 0. The maximum Gasteiger partial charge on any atom is 0.220 e. The maximum absolute atomic E-state index is 12.4. The molecule has 0 radical (unpaired) electrons. The summed E-state index contributed by atoms with van der Waals surface area (Å²) in [5, 5.41) is 0. The summed E-state index contributed by atoms with van der Waals surface area (Å²) >= 11 is 0. The van der Waals surface area contributed by atoms with Gasteiger partial charge in [0.2, 0.25) is 5.78 Å². The van der Waals surface area contributed by atoms with Crippen LogP contribution in [0.1, 0.15) is 19.5 Å². The van der Waals surface area contributed by atoms with Gasteiger partial charge in [0, 0.05) is 11.9 Å². The first-order valence-corrected chi connectivity index (χ1v) is 8.06. The third-order valence-corrected chi connectivity index (χ3v) is 4.34. The first kappa shape index (κ1) is 14.8. The van der Waals surface area contributed by atoms with Gasteiger partial charge in [-0.2, -0.15) is 0 Å². The van der Waals surface area contributed by atoms with Crippen LogP contribution in [0.15, 0.2) is 71.9 Å². The van der Waals surface area contributed by atoms with Gasteiger partial charge in [-0.25, -0.2) is 0 Å². The van der Waals surface area contributed by atoms with Crippen LogP contribution in [-0.2, 0) is 14.3 Å². The maximum atomic E-state index is 12.4. The second-order valence-corrected chi connectivity index (χ2v) is 6.70. The zero-order chi connectivity index (χ0) is 16.7. The lowest BCUT2D eigenvalue weighted by Gasteiger charge is -2.36. The summed E-state index contributed by atoms with van der Waals surface area (Å²) in [6.45, 7) is 4.04. The number of carbonyl (C=O) groups excluding carboxylic acids is 1. The fraction of sp³-hybridized carbons (Fsp3) is 0.250. The highest BCUT2D eigenvalue weighted by atomic mass is 16.5. The van der Waals surface area contributed by atoms with Gasteiger partial charge in [-0.15, -0.1) is 0 Å². The minimum absolute atomic E-state index is 0.0203. The van der Waals surface area contributed by atoms with Gasteiger partial charge in [0.25, 0.3) is 0 Å². The zero-order valence-electron chi connectivity index (χ0n) is 13.7. The number of H-pyrrole nitrogens is 1. The number of allylic oxidation sites excluding steroid dienone is 3. The van der Waals surface area contributed by atoms with Crippen LogP contribution in [0.4, 0.5) is 0 Å². The monoisotopic (exact) mass is 321 g/mol. The Balaban J connectivity index is 1.53. The minimum Gasteiger partial charge on any atom is -0.487 e. The first-order valence-electron chi connectivity index (χ1n) is 8.06. The summed E-state index contributed by atoms with van der Waals surface area (Å²) in [5.41, 5.74) is 1.58. The van der Waals surface area contributed by atoms with Crippen LogP contribution in [0.25, 0.3) is 6.08 Å². The van der Waals surface area contributed by atoms with Gasteiger partial charge in [0.1, 0.15) is 17.5 Å². The number of aromatic nitrogens is 1. The van der Waals surface area contributed by atoms with Gasteiger partial charge >= 0.3 is 0 Å². The second kappa shape index (κ2) is 5.41. The average Bonchev–Trinajstić information content (AvgIpc) is 3.20. The van der Waals surface area contributed by atoms with E-state index in [1.165, 1.54) is 6.08 Å². The lowest BCUT2D eigenvalue weighted by Crippen LogP contribution is -2.34. The number of fused-ring (bicyclic) bond motifs is 3. The molecule has 1 aromatic heterocycles. The molecule has 1 aliphatic carbocycles. The molecule has 4 rings (SSSR count). The Morgan fingerprint density at radius 3 is 3.00 bits per heavy atom. The first-order chi connectivity index (χ1) is 11.5. The Labute approximate surface area is 140 Å². The van der Waals surface area contributed by atoms with Crippen molar-refractivity contribution in [1.82, 2.24) is 4.98 Å². The number of carbonyl (C=O) groups is 1. The van der Waals surface area contributed by atoms with E-state index in [9.17, 15) is 4.79 Å². The van der Waals surface area contributed by atoms with Crippen molar-refractivity contribution in [2.24, 2.45) is 5.92 Å². The van der Waals surface area contributed by atoms with Gasteiger partial charge in [0.15, 0.2) is 5.76 Å².